The third-order valence-electron chi connectivity index (χ3n) is 12.4. The van der Waals surface area contributed by atoms with Crippen LogP contribution in [-0.2, 0) is 25.3 Å². The van der Waals surface area contributed by atoms with Crippen molar-refractivity contribution < 1.29 is 26.0 Å². The molecule has 0 atom stereocenters. The van der Waals surface area contributed by atoms with Crippen LogP contribution >= 0.6 is 23.0 Å². The molecule has 0 N–H and O–H groups in total. The highest BCUT2D eigenvalue weighted by Crippen LogP contribution is 2.45. The Kier molecular flexibility index (Phi) is 14.6. The van der Waals surface area contributed by atoms with Gasteiger partial charge in [-0.25, -0.2) is 0 Å². The lowest BCUT2D eigenvalue weighted by atomic mass is 9.79. The molecule has 1 aliphatic heterocycles. The lowest BCUT2D eigenvalue weighted by Gasteiger charge is -2.25. The summed E-state index contributed by atoms with van der Waals surface area (Å²) in [5, 5.41) is 10.8. The van der Waals surface area contributed by atoms with Crippen LogP contribution in [0.5, 0.6) is 5.75 Å². The van der Waals surface area contributed by atoms with Gasteiger partial charge in [0.05, 0.1) is 12.8 Å². The van der Waals surface area contributed by atoms with Gasteiger partial charge in [-0.15, -0.1) is 3.27 Å². The van der Waals surface area contributed by atoms with E-state index in [-0.39, 0.29) is 10.8 Å². The van der Waals surface area contributed by atoms with Crippen LogP contribution in [0.1, 0.15) is 119 Å². The van der Waals surface area contributed by atoms with Crippen molar-refractivity contribution in [2.75, 3.05) is 7.11 Å². The number of carbonyl (C=O) groups is 1. The van der Waals surface area contributed by atoms with Gasteiger partial charge in [-0.1, -0.05) is 84.0 Å². The number of rotatable bonds is 8. The molecule has 0 unspecified atom stereocenters. The zero-order valence-electron chi connectivity index (χ0n) is 39.4. The molecule has 334 valence electrons. The summed E-state index contributed by atoms with van der Waals surface area (Å²) in [4.78, 5) is 15.6. The first-order valence-electron chi connectivity index (χ1n) is 21.8. The molecule has 0 radical (unpaired) electrons. The Morgan fingerprint density at radius 1 is 0.766 bits per heavy atom. The van der Waals surface area contributed by atoms with Crippen molar-refractivity contribution in [3.8, 4) is 5.75 Å². The summed E-state index contributed by atoms with van der Waals surface area (Å²) in [5.74, 6) is 0.749. The second kappa shape index (κ2) is 19.3. The van der Waals surface area contributed by atoms with Crippen LogP contribution < -0.4 is 4.74 Å². The lowest BCUT2D eigenvalue weighted by Crippen LogP contribution is -2.19. The molecule has 7 aromatic rings. The fraction of sp³-hybridized carbons (Fsp3) is 0.333. The number of aldehydes is 1. The maximum Gasteiger partial charge on any atom is 0.677 e. The molecule has 0 fully saturated rings. The van der Waals surface area contributed by atoms with Gasteiger partial charge in [-0.3, -0.25) is 13.6 Å². The van der Waals surface area contributed by atoms with Crippen molar-refractivity contribution in [3.63, 3.8) is 0 Å². The summed E-state index contributed by atoms with van der Waals surface area (Å²) in [6.45, 7) is 25.3. The average Bonchev–Trinajstić information content (AvgIpc) is 3.72. The van der Waals surface area contributed by atoms with E-state index >= 15 is 0 Å². The normalized spacial score (nSPS) is 13.8. The number of unbranched alkanes of at least 4 members (excludes halogenated alkanes) is 1. The number of halogens is 4. The van der Waals surface area contributed by atoms with E-state index in [1.54, 1.807) is 20.1 Å². The first kappa shape index (κ1) is 48.5. The zero-order valence-corrected chi connectivity index (χ0v) is 41.6. The fourth-order valence-electron chi connectivity index (χ4n) is 9.42. The van der Waals surface area contributed by atoms with Gasteiger partial charge in [0.25, 0.3) is 0 Å². The van der Waals surface area contributed by atoms with Crippen LogP contribution in [0.15, 0.2) is 95.1 Å². The number of allylic oxidation sites excluding steroid dienone is 2. The quantitative estimate of drug-likeness (QED) is 0.0381. The van der Waals surface area contributed by atoms with Crippen molar-refractivity contribution in [1.82, 2.24) is 4.48 Å². The molecule has 1 aromatic heterocycles. The zero-order chi connectivity index (χ0) is 47.0. The molecule has 64 heavy (non-hydrogen) atoms. The molecular weight excluding hydrogens is 919 g/mol. The molecule has 0 saturated carbocycles. The first-order valence-corrected chi connectivity index (χ1v) is 22.7. The van der Waals surface area contributed by atoms with Crippen LogP contribution in [0.2, 0.25) is 0 Å². The second-order valence-corrected chi connectivity index (χ2v) is 19.5. The number of hydrogen-bond acceptors (Lipinski definition) is 4. The highest BCUT2D eigenvalue weighted by atomic mass is 127. The minimum absolute atomic E-state index is 0.0768. The van der Waals surface area contributed by atoms with E-state index in [0.717, 1.165) is 97.2 Å². The van der Waals surface area contributed by atoms with Gasteiger partial charge in [-0.05, 0) is 194 Å². The summed E-state index contributed by atoms with van der Waals surface area (Å²) >= 11 is 1.12. The van der Waals surface area contributed by atoms with Crippen LogP contribution in [0.4, 0.5) is 13.2 Å². The van der Waals surface area contributed by atoms with Gasteiger partial charge in [0.1, 0.15) is 12.0 Å². The maximum absolute atomic E-state index is 14.0. The molecule has 0 aliphatic carbocycles. The number of methoxy groups -OCH3 is 1. The molecular formula is C54H59BF3IN2O3. The molecule has 5 nitrogen and oxygen atoms in total. The Morgan fingerprint density at radius 2 is 1.33 bits per heavy atom. The third-order valence-corrected chi connectivity index (χ3v) is 12.4. The van der Waals surface area contributed by atoms with E-state index < -0.39 is 7.40 Å². The van der Waals surface area contributed by atoms with Gasteiger partial charge in [-0.2, -0.15) is 0 Å². The van der Waals surface area contributed by atoms with E-state index in [4.69, 9.17) is 9.73 Å². The average molecular weight is 979 g/mol. The Balaban J connectivity index is 0.000000203. The summed E-state index contributed by atoms with van der Waals surface area (Å²) < 4.78 is 47.1. The highest BCUT2D eigenvalue weighted by Gasteiger charge is 2.31. The summed E-state index contributed by atoms with van der Waals surface area (Å²) in [6.07, 6.45) is 5.47. The standard InChI is InChI=1S/C32H34O.C22H25BF2N2O.FIO/c1-31(2,3)22-16-21-17-23(32(4,5)6)19-28-26-14-13-20(10-7-8-15-33)24-11-9-12-25(30(24)26)27(18-22)29(21)28;1-12-10-18(28-7)11-13(2)19(12)20(21-14(3)8-16(5)26-21)22-15(4)9-17(6)27(22)23(24)25;1-3-2/h9,11-19H,7-8,10H2,1-6H3;8-11H,1-7H3;/b;21-20-;. The van der Waals surface area contributed by atoms with Gasteiger partial charge in [0.2, 0.25) is 0 Å². The smallest absolute Gasteiger partial charge is 0.497 e. The molecule has 1 aliphatic rings. The molecule has 2 heterocycles. The van der Waals surface area contributed by atoms with Crippen molar-refractivity contribution in [2.24, 2.45) is 4.99 Å². The Hall–Kier alpha value is -4.94. The highest BCUT2D eigenvalue weighted by molar-refractivity contribution is 14.1. The topological polar surface area (TPSA) is 52.8 Å². The predicted octanol–water partition coefficient (Wildman–Crippen LogP) is 15.8. The number of carbonyl (C=O) groups excluding carboxylic acids is 1. The van der Waals surface area contributed by atoms with Crippen molar-refractivity contribution in [1.29, 1.82) is 0 Å². The number of nitrogens with zero attached hydrogens (tertiary/aromatic N) is 2. The van der Waals surface area contributed by atoms with E-state index in [2.05, 4.69) is 99.4 Å². The van der Waals surface area contributed by atoms with Gasteiger partial charge >= 0.3 is 7.40 Å². The molecule has 0 amide bonds. The van der Waals surface area contributed by atoms with Crippen LogP contribution in [-0.4, -0.2) is 31.0 Å². The second-order valence-electron chi connectivity index (χ2n) is 19.2. The van der Waals surface area contributed by atoms with Crippen molar-refractivity contribution in [2.45, 2.75) is 113 Å². The number of hydrogen-bond donors (Lipinski definition) is 0. The van der Waals surface area contributed by atoms with Crippen LogP contribution in [0, 0.1) is 27.7 Å². The number of benzene rings is 6. The SMILES string of the molecule is CC(C)(C)c1cc2cc(C(C)(C)C)cc3c4ccc(CCCC=O)c5cccc(c(c1)c23)c54.COc1cc(C)c(/C(=C2/N=C(C)C=C2C)c2c(C)cc(C)n2B(F)F)c(C)c1.FOI. The van der Waals surface area contributed by atoms with Gasteiger partial charge < -0.3 is 14.0 Å². The molecule has 6 aromatic carbocycles. The van der Waals surface area contributed by atoms with Crippen LogP contribution in [0.25, 0.3) is 48.7 Å². The first-order chi connectivity index (χ1) is 30.2. The Morgan fingerprint density at radius 3 is 1.83 bits per heavy atom. The summed E-state index contributed by atoms with van der Waals surface area (Å²) in [7, 11) is -1.01. The minimum atomic E-state index is -2.63. The number of aryl methyl sites for hydroxylation is 5. The van der Waals surface area contributed by atoms with Gasteiger partial charge in [0.15, 0.2) is 23.0 Å². The number of aromatic nitrogens is 1. The number of fused-ring (bicyclic) bond motifs is 2. The van der Waals surface area contributed by atoms with Crippen molar-refractivity contribution >= 4 is 91.1 Å². The molecule has 0 saturated heterocycles. The molecule has 8 rings (SSSR count). The number of ether oxygens (including phenoxy) is 1. The van der Waals surface area contributed by atoms with E-state index in [9.17, 15) is 18.0 Å². The van der Waals surface area contributed by atoms with E-state index in [0.29, 0.717) is 17.8 Å². The van der Waals surface area contributed by atoms with Crippen LogP contribution in [0.3, 0.4) is 0 Å². The predicted molar refractivity (Wildman–Crippen MR) is 273 cm³/mol. The van der Waals surface area contributed by atoms with Gasteiger partial charge in [0, 0.05) is 29.1 Å². The molecule has 10 heteroatoms. The van der Waals surface area contributed by atoms with E-state index in [1.165, 1.54) is 59.8 Å². The number of aliphatic imine (C=N–C) groups is 1. The summed E-state index contributed by atoms with van der Waals surface area (Å²) in [5.41, 5.74) is 12.3. The van der Waals surface area contributed by atoms with Crippen molar-refractivity contribution in [3.05, 3.63) is 140 Å². The minimum Gasteiger partial charge on any atom is -0.497 e. The monoisotopic (exact) mass is 978 g/mol. The maximum atomic E-state index is 14.0. The lowest BCUT2D eigenvalue weighted by molar-refractivity contribution is -0.107. The summed E-state index contributed by atoms with van der Waals surface area (Å²) in [6, 6.07) is 26.7. The van der Waals surface area contributed by atoms with E-state index in [1.807, 2.05) is 52.8 Å². The Bertz CT molecular complexity index is 2890. The largest absolute Gasteiger partial charge is 0.677 e. The third kappa shape index (κ3) is 9.55. The Labute approximate surface area is 390 Å². The fourth-order valence-corrected chi connectivity index (χ4v) is 9.42. The molecule has 0 bridgehead atoms. The molecule has 0 spiro atoms.